The number of thioether (sulfide) groups is 1. The van der Waals surface area contributed by atoms with Crippen molar-refractivity contribution in [2.24, 2.45) is 0 Å². The minimum atomic E-state index is 0.357. The Balaban J connectivity index is 1.58. The molecule has 0 radical (unpaired) electrons. The SMILES string of the molecule is N#CC(=Cc1cc(Cl)ccc1OCc1cccc(Cl)c1)Sc1nc2ccccc2s1. The van der Waals surface area contributed by atoms with Crippen LogP contribution in [0.4, 0.5) is 0 Å². The Hall–Kier alpha value is -2.49. The van der Waals surface area contributed by atoms with Crippen LogP contribution in [0.3, 0.4) is 0 Å². The number of thiazole rings is 1. The molecule has 0 bridgehead atoms. The molecule has 0 saturated heterocycles. The smallest absolute Gasteiger partial charge is 0.156 e. The van der Waals surface area contributed by atoms with Gasteiger partial charge in [-0.2, -0.15) is 5.26 Å². The molecule has 0 spiro atoms. The number of fused-ring (bicyclic) bond motifs is 1. The highest BCUT2D eigenvalue weighted by atomic mass is 35.5. The Bertz CT molecular complexity index is 1240. The lowest BCUT2D eigenvalue weighted by molar-refractivity contribution is 0.305. The summed E-state index contributed by atoms with van der Waals surface area (Å²) in [6, 6.07) is 23.0. The van der Waals surface area contributed by atoms with Gasteiger partial charge in [0.15, 0.2) is 4.34 Å². The number of ether oxygens (including phenoxy) is 1. The molecular weight excluding hydrogens is 455 g/mol. The molecule has 4 aromatic rings. The Morgan fingerprint density at radius 3 is 2.70 bits per heavy atom. The van der Waals surface area contributed by atoms with Gasteiger partial charge in [-0.15, -0.1) is 11.3 Å². The van der Waals surface area contributed by atoms with E-state index in [2.05, 4.69) is 11.1 Å². The van der Waals surface area contributed by atoms with E-state index in [1.54, 1.807) is 35.6 Å². The maximum atomic E-state index is 9.67. The summed E-state index contributed by atoms with van der Waals surface area (Å²) in [7, 11) is 0. The fraction of sp³-hybridized carbons (Fsp3) is 0.0435. The first-order chi connectivity index (χ1) is 14.6. The quantitative estimate of drug-likeness (QED) is 0.213. The lowest BCUT2D eigenvalue weighted by Crippen LogP contribution is -1.97. The number of nitriles is 1. The van der Waals surface area contributed by atoms with E-state index in [4.69, 9.17) is 27.9 Å². The zero-order chi connectivity index (χ0) is 20.9. The number of para-hydroxylation sites is 1. The van der Waals surface area contributed by atoms with Gasteiger partial charge in [0.1, 0.15) is 18.4 Å². The molecule has 0 N–H and O–H groups in total. The number of allylic oxidation sites excluding steroid dienone is 1. The number of hydrogen-bond acceptors (Lipinski definition) is 5. The van der Waals surface area contributed by atoms with Crippen LogP contribution < -0.4 is 4.74 Å². The molecule has 148 valence electrons. The lowest BCUT2D eigenvalue weighted by atomic mass is 10.2. The van der Waals surface area contributed by atoms with Crippen LogP contribution in [0.25, 0.3) is 16.3 Å². The van der Waals surface area contributed by atoms with Crippen molar-refractivity contribution in [3.05, 3.63) is 92.8 Å². The van der Waals surface area contributed by atoms with E-state index >= 15 is 0 Å². The van der Waals surface area contributed by atoms with Crippen LogP contribution in [0.2, 0.25) is 10.0 Å². The van der Waals surface area contributed by atoms with Crippen molar-refractivity contribution in [2.75, 3.05) is 0 Å². The number of aromatic nitrogens is 1. The predicted octanol–water partition coefficient (Wildman–Crippen LogP) is 7.84. The zero-order valence-corrected chi connectivity index (χ0v) is 18.7. The third-order valence-corrected chi connectivity index (χ3v) is 6.62. The predicted molar refractivity (Wildman–Crippen MR) is 126 cm³/mol. The molecular formula is C23H14Cl2N2OS2. The maximum Gasteiger partial charge on any atom is 0.156 e. The molecule has 1 aromatic heterocycles. The molecule has 0 atom stereocenters. The number of hydrogen-bond donors (Lipinski definition) is 0. The van der Waals surface area contributed by atoms with Gasteiger partial charge in [-0.25, -0.2) is 4.98 Å². The summed E-state index contributed by atoms with van der Waals surface area (Å²) in [5.74, 6) is 0.636. The van der Waals surface area contributed by atoms with Crippen molar-refractivity contribution in [1.82, 2.24) is 4.98 Å². The molecule has 30 heavy (non-hydrogen) atoms. The van der Waals surface area contributed by atoms with E-state index in [-0.39, 0.29) is 0 Å². The van der Waals surface area contributed by atoms with Crippen LogP contribution in [-0.4, -0.2) is 4.98 Å². The van der Waals surface area contributed by atoms with Crippen molar-refractivity contribution in [3.8, 4) is 11.8 Å². The molecule has 0 aliphatic heterocycles. The van der Waals surface area contributed by atoms with Crippen molar-refractivity contribution in [1.29, 1.82) is 5.26 Å². The van der Waals surface area contributed by atoms with Crippen molar-refractivity contribution < 1.29 is 4.74 Å². The largest absolute Gasteiger partial charge is 0.488 e. The van der Waals surface area contributed by atoms with Crippen LogP contribution in [0, 0.1) is 11.3 Å². The van der Waals surface area contributed by atoms with Gasteiger partial charge in [0.05, 0.1) is 15.1 Å². The van der Waals surface area contributed by atoms with Gasteiger partial charge in [0.25, 0.3) is 0 Å². The third-order valence-electron chi connectivity index (χ3n) is 4.12. The average Bonchev–Trinajstić information content (AvgIpc) is 3.15. The molecule has 3 nitrogen and oxygen atoms in total. The molecule has 3 aromatic carbocycles. The third kappa shape index (κ3) is 5.16. The fourth-order valence-electron chi connectivity index (χ4n) is 2.77. The summed E-state index contributed by atoms with van der Waals surface area (Å²) in [6.07, 6.45) is 1.77. The maximum absolute atomic E-state index is 9.67. The standard InChI is InChI=1S/C23H14Cl2N2OS2/c24-17-5-3-4-15(10-17)14-28-21-9-8-18(25)11-16(21)12-19(13-26)29-23-27-20-6-1-2-7-22(20)30-23/h1-12H,14H2. The van der Waals surface area contributed by atoms with Gasteiger partial charge in [-0.05, 0) is 65.9 Å². The first-order valence-electron chi connectivity index (χ1n) is 8.93. The summed E-state index contributed by atoms with van der Waals surface area (Å²) in [6.45, 7) is 0.357. The fourth-order valence-corrected chi connectivity index (χ4v) is 5.13. The molecule has 0 unspecified atom stereocenters. The molecule has 7 heteroatoms. The second-order valence-corrected chi connectivity index (χ2v) is 9.46. The second-order valence-electron chi connectivity index (χ2n) is 6.27. The molecule has 0 amide bonds. The lowest BCUT2D eigenvalue weighted by Gasteiger charge is -2.10. The number of nitrogens with zero attached hydrogens (tertiary/aromatic N) is 2. The van der Waals surface area contributed by atoms with Crippen LogP contribution in [0.5, 0.6) is 5.75 Å². The van der Waals surface area contributed by atoms with E-state index < -0.39 is 0 Å². The van der Waals surface area contributed by atoms with Gasteiger partial charge in [-0.1, -0.05) is 47.5 Å². The van der Waals surface area contributed by atoms with E-state index in [1.165, 1.54) is 11.8 Å². The first kappa shape index (κ1) is 20.8. The summed E-state index contributed by atoms with van der Waals surface area (Å²) < 4.78 is 7.88. The van der Waals surface area contributed by atoms with Crippen LogP contribution >= 0.6 is 46.3 Å². The number of halogens is 2. The molecule has 4 rings (SSSR count). The van der Waals surface area contributed by atoms with E-state index in [0.29, 0.717) is 27.3 Å². The van der Waals surface area contributed by atoms with Gasteiger partial charge in [-0.3, -0.25) is 0 Å². The normalized spacial score (nSPS) is 11.4. The number of rotatable bonds is 6. The highest BCUT2D eigenvalue weighted by molar-refractivity contribution is 8.05. The Labute approximate surface area is 192 Å². The first-order valence-corrected chi connectivity index (χ1v) is 11.3. The monoisotopic (exact) mass is 468 g/mol. The molecule has 1 heterocycles. The summed E-state index contributed by atoms with van der Waals surface area (Å²) in [4.78, 5) is 5.09. The summed E-state index contributed by atoms with van der Waals surface area (Å²) in [5.41, 5.74) is 2.61. The average molecular weight is 469 g/mol. The summed E-state index contributed by atoms with van der Waals surface area (Å²) in [5, 5.41) is 10.9. The van der Waals surface area contributed by atoms with Crippen molar-refractivity contribution in [3.63, 3.8) is 0 Å². The van der Waals surface area contributed by atoms with Crippen LogP contribution in [0.15, 0.2) is 76.0 Å². The Morgan fingerprint density at radius 2 is 1.90 bits per heavy atom. The highest BCUT2D eigenvalue weighted by Gasteiger charge is 2.10. The van der Waals surface area contributed by atoms with Gasteiger partial charge >= 0.3 is 0 Å². The topological polar surface area (TPSA) is 45.9 Å². The van der Waals surface area contributed by atoms with E-state index in [9.17, 15) is 5.26 Å². The van der Waals surface area contributed by atoms with Gasteiger partial charge in [0, 0.05) is 15.6 Å². The minimum Gasteiger partial charge on any atom is -0.488 e. The minimum absolute atomic E-state index is 0.357. The van der Waals surface area contributed by atoms with Gasteiger partial charge in [0.2, 0.25) is 0 Å². The summed E-state index contributed by atoms with van der Waals surface area (Å²) >= 11 is 15.1. The molecule has 0 aliphatic rings. The Kier molecular flexibility index (Phi) is 6.61. The van der Waals surface area contributed by atoms with Crippen LogP contribution in [-0.2, 0) is 6.61 Å². The number of benzene rings is 3. The van der Waals surface area contributed by atoms with Gasteiger partial charge < -0.3 is 4.74 Å². The zero-order valence-electron chi connectivity index (χ0n) is 15.5. The Morgan fingerprint density at radius 1 is 1.07 bits per heavy atom. The molecule has 0 fully saturated rings. The second kappa shape index (κ2) is 9.55. The van der Waals surface area contributed by atoms with E-state index in [0.717, 1.165) is 25.7 Å². The highest BCUT2D eigenvalue weighted by Crippen LogP contribution is 2.36. The van der Waals surface area contributed by atoms with E-state index in [1.807, 2.05) is 48.5 Å². The van der Waals surface area contributed by atoms with Crippen LogP contribution in [0.1, 0.15) is 11.1 Å². The van der Waals surface area contributed by atoms with Crippen molar-refractivity contribution in [2.45, 2.75) is 10.9 Å². The molecule has 0 saturated carbocycles. The molecule has 0 aliphatic carbocycles. The van der Waals surface area contributed by atoms with Crippen molar-refractivity contribution >= 4 is 62.6 Å².